The van der Waals surface area contributed by atoms with Crippen LogP contribution in [0.15, 0.2) is 30.3 Å². The van der Waals surface area contributed by atoms with Gasteiger partial charge in [0.15, 0.2) is 0 Å². The highest BCUT2D eigenvalue weighted by atomic mass is 16.3. The third-order valence-electron chi connectivity index (χ3n) is 3.40. The van der Waals surface area contributed by atoms with Crippen LogP contribution in [0.5, 0.6) is 0 Å². The van der Waals surface area contributed by atoms with Gasteiger partial charge in [0.1, 0.15) is 0 Å². The van der Waals surface area contributed by atoms with Gasteiger partial charge in [0.2, 0.25) is 5.91 Å². The lowest BCUT2D eigenvalue weighted by Crippen LogP contribution is -2.45. The SMILES string of the molecule is CCCN(CC(O)CC)C(C)C(=O)Nc1ccccc1. The van der Waals surface area contributed by atoms with E-state index in [4.69, 9.17) is 0 Å². The van der Waals surface area contributed by atoms with Crippen LogP contribution in [0.25, 0.3) is 0 Å². The Balaban J connectivity index is 2.63. The molecule has 0 aliphatic rings. The van der Waals surface area contributed by atoms with Gasteiger partial charge in [0.05, 0.1) is 12.1 Å². The molecule has 0 bridgehead atoms. The molecule has 0 saturated carbocycles. The van der Waals surface area contributed by atoms with E-state index < -0.39 is 0 Å². The van der Waals surface area contributed by atoms with Crippen LogP contribution in [0.1, 0.15) is 33.6 Å². The van der Waals surface area contributed by atoms with E-state index in [9.17, 15) is 9.90 Å². The molecule has 4 nitrogen and oxygen atoms in total. The highest BCUT2D eigenvalue weighted by molar-refractivity contribution is 5.94. The molecule has 0 aliphatic heterocycles. The first kappa shape index (κ1) is 16.7. The van der Waals surface area contributed by atoms with Crippen LogP contribution in [0.3, 0.4) is 0 Å². The molecule has 2 unspecified atom stereocenters. The molecule has 0 fully saturated rings. The number of nitrogens with zero attached hydrogens (tertiary/aromatic N) is 1. The molecule has 1 rings (SSSR count). The number of amides is 1. The van der Waals surface area contributed by atoms with E-state index in [0.29, 0.717) is 13.0 Å². The third kappa shape index (κ3) is 5.31. The summed E-state index contributed by atoms with van der Waals surface area (Å²) in [5.74, 6) is -0.0343. The lowest BCUT2D eigenvalue weighted by molar-refractivity contribution is -0.121. The van der Waals surface area contributed by atoms with Crippen LogP contribution in [-0.2, 0) is 4.79 Å². The Bertz CT molecular complexity index is 395. The molecule has 0 heterocycles. The first-order valence-electron chi connectivity index (χ1n) is 7.36. The predicted octanol–water partition coefficient (Wildman–Crippen LogP) is 2.50. The van der Waals surface area contributed by atoms with E-state index in [1.165, 1.54) is 0 Å². The second-order valence-electron chi connectivity index (χ2n) is 5.09. The topological polar surface area (TPSA) is 52.6 Å². The molecule has 2 N–H and O–H groups in total. The molecule has 1 aromatic rings. The van der Waals surface area contributed by atoms with Crippen molar-refractivity contribution in [1.82, 2.24) is 4.90 Å². The molecular weight excluding hydrogens is 252 g/mol. The highest BCUT2D eigenvalue weighted by Gasteiger charge is 2.22. The maximum Gasteiger partial charge on any atom is 0.241 e. The Morgan fingerprint density at radius 2 is 1.95 bits per heavy atom. The summed E-state index contributed by atoms with van der Waals surface area (Å²) in [6, 6.07) is 9.19. The van der Waals surface area contributed by atoms with Gasteiger partial charge in [-0.15, -0.1) is 0 Å². The van der Waals surface area contributed by atoms with Crippen molar-refractivity contribution in [3.05, 3.63) is 30.3 Å². The maximum absolute atomic E-state index is 12.3. The molecule has 4 heteroatoms. The summed E-state index contributed by atoms with van der Waals surface area (Å²) < 4.78 is 0. The number of benzene rings is 1. The molecule has 2 atom stereocenters. The van der Waals surface area contributed by atoms with Gasteiger partial charge in [0.25, 0.3) is 0 Å². The smallest absolute Gasteiger partial charge is 0.241 e. The van der Waals surface area contributed by atoms with Gasteiger partial charge in [-0.05, 0) is 38.4 Å². The number of aliphatic hydroxyl groups is 1. The Morgan fingerprint density at radius 1 is 1.30 bits per heavy atom. The van der Waals surface area contributed by atoms with Crippen molar-refractivity contribution in [2.45, 2.75) is 45.8 Å². The molecule has 1 amide bonds. The highest BCUT2D eigenvalue weighted by Crippen LogP contribution is 2.09. The second kappa shape index (κ2) is 8.72. The number of hydrogen-bond donors (Lipinski definition) is 2. The number of nitrogens with one attached hydrogen (secondary N) is 1. The summed E-state index contributed by atoms with van der Waals surface area (Å²) >= 11 is 0. The molecule has 20 heavy (non-hydrogen) atoms. The van der Waals surface area contributed by atoms with E-state index in [1.54, 1.807) is 0 Å². The van der Waals surface area contributed by atoms with Gasteiger partial charge < -0.3 is 10.4 Å². The van der Waals surface area contributed by atoms with Crippen LogP contribution in [0.4, 0.5) is 5.69 Å². The van der Waals surface area contributed by atoms with Crippen LogP contribution in [0.2, 0.25) is 0 Å². The number of para-hydroxylation sites is 1. The minimum absolute atomic E-state index is 0.0343. The normalized spacial score (nSPS) is 14.1. The van der Waals surface area contributed by atoms with Crippen LogP contribution >= 0.6 is 0 Å². The van der Waals surface area contributed by atoms with Crippen molar-refractivity contribution in [3.8, 4) is 0 Å². The monoisotopic (exact) mass is 278 g/mol. The zero-order valence-electron chi connectivity index (χ0n) is 12.7. The van der Waals surface area contributed by atoms with Crippen molar-refractivity contribution in [2.75, 3.05) is 18.4 Å². The van der Waals surface area contributed by atoms with E-state index >= 15 is 0 Å². The quantitative estimate of drug-likeness (QED) is 0.768. The fraction of sp³-hybridized carbons (Fsp3) is 0.562. The van der Waals surface area contributed by atoms with Gasteiger partial charge in [-0.2, -0.15) is 0 Å². The first-order chi connectivity index (χ1) is 9.58. The molecule has 0 spiro atoms. The summed E-state index contributed by atoms with van der Waals surface area (Å²) in [6.07, 6.45) is 1.28. The summed E-state index contributed by atoms with van der Waals surface area (Å²) in [7, 11) is 0. The Hall–Kier alpha value is -1.39. The summed E-state index contributed by atoms with van der Waals surface area (Å²) in [5.41, 5.74) is 0.803. The van der Waals surface area contributed by atoms with Crippen molar-refractivity contribution in [1.29, 1.82) is 0 Å². The minimum atomic E-state index is -0.381. The number of carbonyl (C=O) groups excluding carboxylic acids is 1. The Kier molecular flexibility index (Phi) is 7.26. The lowest BCUT2D eigenvalue weighted by atomic mass is 10.2. The van der Waals surface area contributed by atoms with Crippen molar-refractivity contribution in [2.24, 2.45) is 0 Å². The van der Waals surface area contributed by atoms with Crippen molar-refractivity contribution in [3.63, 3.8) is 0 Å². The van der Waals surface area contributed by atoms with E-state index in [2.05, 4.69) is 12.2 Å². The third-order valence-corrected chi connectivity index (χ3v) is 3.40. The van der Waals surface area contributed by atoms with Crippen molar-refractivity contribution < 1.29 is 9.90 Å². The average Bonchev–Trinajstić information content (AvgIpc) is 2.46. The molecule has 0 aromatic heterocycles. The molecule has 0 aliphatic carbocycles. The maximum atomic E-state index is 12.3. The summed E-state index contributed by atoms with van der Waals surface area (Å²) in [6.45, 7) is 7.25. The lowest BCUT2D eigenvalue weighted by Gasteiger charge is -2.29. The number of hydrogen-bond acceptors (Lipinski definition) is 3. The number of carbonyl (C=O) groups is 1. The van der Waals surface area contributed by atoms with E-state index in [-0.39, 0.29) is 18.1 Å². The largest absolute Gasteiger partial charge is 0.392 e. The van der Waals surface area contributed by atoms with E-state index in [0.717, 1.165) is 18.7 Å². The first-order valence-corrected chi connectivity index (χ1v) is 7.36. The summed E-state index contributed by atoms with van der Waals surface area (Å²) in [5, 5.41) is 12.7. The second-order valence-corrected chi connectivity index (χ2v) is 5.09. The van der Waals surface area contributed by atoms with Crippen LogP contribution in [0, 0.1) is 0 Å². The predicted molar refractivity (Wildman–Crippen MR) is 82.7 cm³/mol. The van der Waals surface area contributed by atoms with Crippen LogP contribution < -0.4 is 5.32 Å². The fourth-order valence-electron chi connectivity index (χ4n) is 2.06. The Morgan fingerprint density at radius 3 is 2.50 bits per heavy atom. The zero-order valence-corrected chi connectivity index (χ0v) is 12.7. The van der Waals surface area contributed by atoms with Gasteiger partial charge in [0, 0.05) is 12.2 Å². The van der Waals surface area contributed by atoms with Gasteiger partial charge in [-0.1, -0.05) is 32.0 Å². The Labute approximate surface area is 121 Å². The molecule has 0 radical (unpaired) electrons. The molecule has 1 aromatic carbocycles. The summed E-state index contributed by atoms with van der Waals surface area (Å²) in [4.78, 5) is 14.3. The van der Waals surface area contributed by atoms with E-state index in [1.807, 2.05) is 49.1 Å². The van der Waals surface area contributed by atoms with Gasteiger partial charge in [-0.3, -0.25) is 9.69 Å². The van der Waals surface area contributed by atoms with Gasteiger partial charge in [-0.25, -0.2) is 0 Å². The average molecular weight is 278 g/mol. The molecule has 112 valence electrons. The number of rotatable bonds is 8. The minimum Gasteiger partial charge on any atom is -0.392 e. The van der Waals surface area contributed by atoms with Crippen LogP contribution in [-0.4, -0.2) is 41.1 Å². The zero-order chi connectivity index (χ0) is 15.0. The van der Waals surface area contributed by atoms with Gasteiger partial charge >= 0.3 is 0 Å². The van der Waals surface area contributed by atoms with Crippen molar-refractivity contribution >= 4 is 11.6 Å². The number of anilines is 1. The molecular formula is C16H26N2O2. The fourth-order valence-corrected chi connectivity index (χ4v) is 2.06. The molecule has 0 saturated heterocycles. The standard InChI is InChI=1S/C16H26N2O2/c1-4-11-18(12-15(19)5-2)13(3)16(20)17-14-9-7-6-8-10-14/h6-10,13,15,19H,4-5,11-12H2,1-3H3,(H,17,20). The number of aliphatic hydroxyl groups excluding tert-OH is 1.